The number of halogens is 1. The predicted molar refractivity (Wildman–Crippen MR) is 120 cm³/mol. The first-order valence-corrected chi connectivity index (χ1v) is 10.8. The quantitative estimate of drug-likeness (QED) is 0.446. The fourth-order valence-electron chi connectivity index (χ4n) is 4.18. The van der Waals surface area contributed by atoms with Crippen LogP contribution in [0.1, 0.15) is 17.5 Å². The van der Waals surface area contributed by atoms with Gasteiger partial charge in [-0.25, -0.2) is 19.9 Å². The molecule has 4 heterocycles. The Morgan fingerprint density at radius 3 is 2.74 bits per heavy atom. The van der Waals surface area contributed by atoms with E-state index in [4.69, 9.17) is 15.7 Å². The lowest BCUT2D eigenvalue weighted by atomic mass is 10.1. The van der Waals surface area contributed by atoms with Crippen LogP contribution in [0.4, 0.5) is 10.2 Å². The highest BCUT2D eigenvalue weighted by molar-refractivity contribution is 7.13. The van der Waals surface area contributed by atoms with Gasteiger partial charge in [-0.1, -0.05) is 17.4 Å². The van der Waals surface area contributed by atoms with Gasteiger partial charge in [-0.2, -0.15) is 4.39 Å². The Balaban J connectivity index is 1.64. The van der Waals surface area contributed by atoms with Gasteiger partial charge in [0.2, 0.25) is 0 Å². The fraction of sp³-hybridized carbons (Fsp3) is 0.130. The molecule has 0 unspecified atom stereocenters. The molecule has 0 radical (unpaired) electrons. The number of aromatic nitrogens is 5. The second kappa shape index (κ2) is 6.95. The Hall–Kier alpha value is -3.65. The molecule has 8 heteroatoms. The molecule has 6 nitrogen and oxygen atoms in total. The highest BCUT2D eigenvalue weighted by atomic mass is 32.1. The molecule has 0 bridgehead atoms. The number of benzene rings is 1. The summed E-state index contributed by atoms with van der Waals surface area (Å²) in [6.07, 6.45) is 6.22. The fourth-order valence-corrected chi connectivity index (χ4v) is 4.79. The SMILES string of the molecule is Nc1ncccc1-c1nc2ccc(-c3ncc(F)s3)nc2n1-c1ccc2c(c1)CCC2. The minimum absolute atomic E-state index is 0.340. The van der Waals surface area contributed by atoms with Gasteiger partial charge in [-0.05, 0) is 66.8 Å². The average molecular weight is 428 g/mol. The van der Waals surface area contributed by atoms with Gasteiger partial charge in [-0.15, -0.1) is 0 Å². The van der Waals surface area contributed by atoms with Crippen molar-refractivity contribution in [2.45, 2.75) is 19.3 Å². The molecule has 0 fully saturated rings. The van der Waals surface area contributed by atoms with Crippen LogP contribution in [0.3, 0.4) is 0 Å². The van der Waals surface area contributed by atoms with E-state index in [2.05, 4.69) is 28.2 Å². The van der Waals surface area contributed by atoms with E-state index in [1.807, 2.05) is 28.8 Å². The lowest BCUT2D eigenvalue weighted by molar-refractivity contribution is 0.653. The number of fused-ring (bicyclic) bond motifs is 2. The van der Waals surface area contributed by atoms with Crippen molar-refractivity contribution in [1.82, 2.24) is 24.5 Å². The second-order valence-electron chi connectivity index (χ2n) is 7.52. The number of hydrogen-bond acceptors (Lipinski definition) is 6. The Morgan fingerprint density at radius 2 is 1.90 bits per heavy atom. The molecule has 1 aliphatic rings. The molecule has 1 aromatic carbocycles. The number of imidazole rings is 1. The van der Waals surface area contributed by atoms with Gasteiger partial charge in [-0.3, -0.25) is 4.57 Å². The van der Waals surface area contributed by atoms with E-state index in [1.54, 1.807) is 6.20 Å². The third-order valence-corrected chi connectivity index (χ3v) is 6.43. The van der Waals surface area contributed by atoms with Crippen molar-refractivity contribution in [3.63, 3.8) is 0 Å². The number of aryl methyl sites for hydroxylation is 2. The lowest BCUT2D eigenvalue weighted by Crippen LogP contribution is -2.03. The molecule has 152 valence electrons. The van der Waals surface area contributed by atoms with E-state index in [1.165, 1.54) is 23.7 Å². The third kappa shape index (κ3) is 2.98. The molecule has 31 heavy (non-hydrogen) atoms. The first-order chi connectivity index (χ1) is 15.2. The van der Waals surface area contributed by atoms with E-state index in [0.29, 0.717) is 28.0 Å². The van der Waals surface area contributed by atoms with E-state index in [0.717, 1.165) is 40.9 Å². The van der Waals surface area contributed by atoms with E-state index < -0.39 is 0 Å². The molecule has 0 aliphatic heterocycles. The van der Waals surface area contributed by atoms with Crippen molar-refractivity contribution in [3.8, 4) is 27.8 Å². The number of nitrogens with zero attached hydrogens (tertiary/aromatic N) is 5. The second-order valence-corrected chi connectivity index (χ2v) is 8.50. The topological polar surface area (TPSA) is 82.5 Å². The molecule has 4 aromatic heterocycles. The van der Waals surface area contributed by atoms with Crippen molar-refractivity contribution in [3.05, 3.63) is 71.1 Å². The Morgan fingerprint density at radius 1 is 1.00 bits per heavy atom. The number of nitrogens with two attached hydrogens (primary N) is 1. The first-order valence-electron chi connectivity index (χ1n) is 10.0. The smallest absolute Gasteiger partial charge is 0.196 e. The van der Waals surface area contributed by atoms with Gasteiger partial charge >= 0.3 is 0 Å². The van der Waals surface area contributed by atoms with Crippen LogP contribution in [0.2, 0.25) is 0 Å². The van der Waals surface area contributed by atoms with Crippen molar-refractivity contribution < 1.29 is 4.39 Å². The van der Waals surface area contributed by atoms with Gasteiger partial charge in [0.1, 0.15) is 22.0 Å². The summed E-state index contributed by atoms with van der Waals surface area (Å²) in [5, 5.41) is 0.191. The average Bonchev–Trinajstić information content (AvgIpc) is 3.50. The molecule has 2 N–H and O–H groups in total. The summed E-state index contributed by atoms with van der Waals surface area (Å²) in [6, 6.07) is 13.9. The van der Waals surface area contributed by atoms with Crippen LogP contribution in [0, 0.1) is 5.13 Å². The number of anilines is 1. The Kier molecular flexibility index (Phi) is 4.07. The van der Waals surface area contributed by atoms with Gasteiger partial charge < -0.3 is 5.73 Å². The van der Waals surface area contributed by atoms with Gasteiger partial charge in [0.05, 0.1) is 11.8 Å². The predicted octanol–water partition coefficient (Wildman–Crippen LogP) is 4.82. The molecule has 1 aliphatic carbocycles. The molecule has 6 rings (SSSR count). The van der Waals surface area contributed by atoms with E-state index >= 15 is 0 Å². The highest BCUT2D eigenvalue weighted by Crippen LogP contribution is 2.34. The molecule has 0 spiro atoms. The van der Waals surface area contributed by atoms with Crippen LogP contribution in [-0.4, -0.2) is 24.5 Å². The zero-order valence-corrected chi connectivity index (χ0v) is 17.2. The van der Waals surface area contributed by atoms with E-state index in [-0.39, 0.29) is 5.13 Å². The zero-order chi connectivity index (χ0) is 20.9. The number of pyridine rings is 2. The maximum Gasteiger partial charge on any atom is 0.196 e. The Bertz CT molecular complexity index is 1450. The molecule has 0 atom stereocenters. The van der Waals surface area contributed by atoms with Crippen molar-refractivity contribution in [2.75, 3.05) is 5.73 Å². The molecule has 5 aromatic rings. The van der Waals surface area contributed by atoms with Crippen LogP contribution < -0.4 is 5.73 Å². The minimum atomic E-state index is -0.340. The number of hydrogen-bond donors (Lipinski definition) is 1. The summed E-state index contributed by atoms with van der Waals surface area (Å²) < 4.78 is 15.6. The maximum atomic E-state index is 13.6. The monoisotopic (exact) mass is 428 g/mol. The van der Waals surface area contributed by atoms with Crippen LogP contribution in [0.5, 0.6) is 0 Å². The van der Waals surface area contributed by atoms with Gasteiger partial charge in [0.15, 0.2) is 16.6 Å². The van der Waals surface area contributed by atoms with E-state index in [9.17, 15) is 4.39 Å². The first kappa shape index (κ1) is 18.1. The van der Waals surface area contributed by atoms with Crippen LogP contribution >= 0.6 is 11.3 Å². The number of nitrogen functional groups attached to an aromatic ring is 1. The third-order valence-electron chi connectivity index (χ3n) is 5.62. The lowest BCUT2D eigenvalue weighted by Gasteiger charge is -2.12. The normalized spacial score (nSPS) is 13.1. The summed E-state index contributed by atoms with van der Waals surface area (Å²) in [4.78, 5) is 18.1. The summed E-state index contributed by atoms with van der Waals surface area (Å²) in [5.74, 6) is 1.08. The van der Waals surface area contributed by atoms with Gasteiger partial charge in [0.25, 0.3) is 0 Å². The number of thiazole rings is 1. The maximum absolute atomic E-state index is 13.6. The van der Waals surface area contributed by atoms with Crippen molar-refractivity contribution >= 4 is 28.3 Å². The van der Waals surface area contributed by atoms with Crippen LogP contribution in [0.25, 0.3) is 38.9 Å². The standard InChI is InChI=1S/C23H17FN6S/c24-19-12-27-23(31-19)18-9-8-17-22(29-18)30(15-7-6-13-3-1-4-14(13)11-15)21(28-17)16-5-2-10-26-20(16)25/h2,5-12H,1,3-4H2,(H2,25,26). The summed E-state index contributed by atoms with van der Waals surface area (Å²) >= 11 is 0.973. The Labute approximate surface area is 181 Å². The minimum Gasteiger partial charge on any atom is -0.383 e. The number of rotatable bonds is 3. The molecular formula is C23H17FN6S. The molecular weight excluding hydrogens is 411 g/mol. The summed E-state index contributed by atoms with van der Waals surface area (Å²) in [6.45, 7) is 0. The van der Waals surface area contributed by atoms with Crippen LogP contribution in [0.15, 0.2) is 54.9 Å². The van der Waals surface area contributed by atoms with Gasteiger partial charge in [0, 0.05) is 11.9 Å². The van der Waals surface area contributed by atoms with Crippen molar-refractivity contribution in [2.24, 2.45) is 0 Å². The summed E-state index contributed by atoms with van der Waals surface area (Å²) in [7, 11) is 0. The van der Waals surface area contributed by atoms with Crippen molar-refractivity contribution in [1.29, 1.82) is 0 Å². The largest absolute Gasteiger partial charge is 0.383 e. The van der Waals surface area contributed by atoms with Crippen LogP contribution in [-0.2, 0) is 12.8 Å². The molecule has 0 amide bonds. The molecule has 0 saturated heterocycles. The molecule has 0 saturated carbocycles. The highest BCUT2D eigenvalue weighted by Gasteiger charge is 2.20. The summed E-state index contributed by atoms with van der Waals surface area (Å²) in [5.41, 5.74) is 12.6. The zero-order valence-electron chi connectivity index (χ0n) is 16.4.